The second kappa shape index (κ2) is 5.05. The topological polar surface area (TPSA) is 6.48 Å². The van der Waals surface area contributed by atoms with Gasteiger partial charge in [-0.15, -0.1) is 11.3 Å². The van der Waals surface area contributed by atoms with Gasteiger partial charge in [0.15, 0.2) is 0 Å². The third-order valence-corrected chi connectivity index (χ3v) is 4.32. The Labute approximate surface area is 100 Å². The van der Waals surface area contributed by atoms with Gasteiger partial charge in [-0.05, 0) is 18.0 Å². The molecule has 2 heterocycles. The van der Waals surface area contributed by atoms with Crippen LogP contribution in [0.4, 0.5) is 0 Å². The molecule has 1 aliphatic heterocycles. The molecule has 0 N–H and O–H groups in total. The third-order valence-electron chi connectivity index (χ3n) is 2.84. The highest BCUT2D eigenvalue weighted by molar-refractivity contribution is 7.81. The molecule has 15 heavy (non-hydrogen) atoms. The van der Waals surface area contributed by atoms with Crippen LogP contribution in [-0.2, 0) is 0 Å². The molecule has 0 saturated carbocycles. The van der Waals surface area contributed by atoms with Gasteiger partial charge < -0.3 is 9.80 Å². The number of hydrogen-bond acceptors (Lipinski definition) is 3. The van der Waals surface area contributed by atoms with E-state index in [-0.39, 0.29) is 0 Å². The predicted molar refractivity (Wildman–Crippen MR) is 69.7 cm³/mol. The average Bonchev–Trinajstić information content (AvgIpc) is 2.82. The van der Waals surface area contributed by atoms with Gasteiger partial charge in [0.1, 0.15) is 4.99 Å². The average molecular weight is 240 g/mol. The SMILES string of the molecule is CCN1CCN(C(=S)c2cccs2)CC1. The quantitative estimate of drug-likeness (QED) is 0.731. The van der Waals surface area contributed by atoms with E-state index in [1.807, 2.05) is 0 Å². The van der Waals surface area contributed by atoms with Gasteiger partial charge in [-0.25, -0.2) is 0 Å². The van der Waals surface area contributed by atoms with E-state index in [1.165, 1.54) is 4.88 Å². The summed E-state index contributed by atoms with van der Waals surface area (Å²) in [5.41, 5.74) is 0. The van der Waals surface area contributed by atoms with Crippen LogP contribution in [0, 0.1) is 0 Å². The van der Waals surface area contributed by atoms with Crippen LogP contribution in [-0.4, -0.2) is 47.5 Å². The fourth-order valence-electron chi connectivity index (χ4n) is 1.82. The smallest absolute Gasteiger partial charge is 0.119 e. The Morgan fingerprint density at radius 1 is 1.40 bits per heavy atom. The van der Waals surface area contributed by atoms with Gasteiger partial charge in [-0.3, -0.25) is 0 Å². The zero-order valence-corrected chi connectivity index (χ0v) is 10.6. The Kier molecular flexibility index (Phi) is 3.72. The predicted octanol–water partition coefficient (Wildman–Crippen LogP) is 2.06. The first kappa shape index (κ1) is 11.0. The molecule has 0 aliphatic carbocycles. The van der Waals surface area contributed by atoms with Crippen LogP contribution >= 0.6 is 23.6 Å². The van der Waals surface area contributed by atoms with E-state index in [4.69, 9.17) is 12.2 Å². The standard InChI is InChI=1S/C11H16N2S2/c1-2-12-5-7-13(8-6-12)11(14)10-4-3-9-15-10/h3-4,9H,2,5-8H2,1H3. The lowest BCUT2D eigenvalue weighted by Gasteiger charge is -2.35. The zero-order valence-electron chi connectivity index (χ0n) is 8.98. The molecule has 0 aromatic carbocycles. The van der Waals surface area contributed by atoms with Crippen molar-refractivity contribution >= 4 is 28.5 Å². The van der Waals surface area contributed by atoms with Gasteiger partial charge in [0, 0.05) is 26.2 Å². The molecule has 1 saturated heterocycles. The van der Waals surface area contributed by atoms with Crippen LogP contribution in [0.2, 0.25) is 0 Å². The van der Waals surface area contributed by atoms with Crippen molar-refractivity contribution in [2.45, 2.75) is 6.92 Å². The van der Waals surface area contributed by atoms with Crippen molar-refractivity contribution in [3.05, 3.63) is 22.4 Å². The maximum Gasteiger partial charge on any atom is 0.119 e. The molecule has 0 amide bonds. The monoisotopic (exact) mass is 240 g/mol. The Bertz CT molecular complexity index is 313. The first-order valence-corrected chi connectivity index (χ1v) is 6.65. The van der Waals surface area contributed by atoms with E-state index in [0.717, 1.165) is 37.7 Å². The summed E-state index contributed by atoms with van der Waals surface area (Å²) in [6.45, 7) is 7.80. The first-order valence-electron chi connectivity index (χ1n) is 5.36. The van der Waals surface area contributed by atoms with Crippen molar-refractivity contribution in [2.75, 3.05) is 32.7 Å². The van der Waals surface area contributed by atoms with Gasteiger partial charge in [-0.2, -0.15) is 0 Å². The minimum atomic E-state index is 1.03. The molecule has 2 rings (SSSR count). The van der Waals surface area contributed by atoms with E-state index in [2.05, 4.69) is 34.2 Å². The van der Waals surface area contributed by atoms with Crippen LogP contribution in [0.5, 0.6) is 0 Å². The fraction of sp³-hybridized carbons (Fsp3) is 0.545. The summed E-state index contributed by atoms with van der Waals surface area (Å²) in [4.78, 5) is 7.05. The molecular weight excluding hydrogens is 224 g/mol. The van der Waals surface area contributed by atoms with Crippen LogP contribution in [0.25, 0.3) is 0 Å². The van der Waals surface area contributed by atoms with E-state index in [9.17, 15) is 0 Å². The fourth-order valence-corrected chi connectivity index (χ4v) is 2.91. The summed E-state index contributed by atoms with van der Waals surface area (Å²) >= 11 is 7.22. The summed E-state index contributed by atoms with van der Waals surface area (Å²) in [6, 6.07) is 4.17. The summed E-state index contributed by atoms with van der Waals surface area (Å²) in [5.74, 6) is 0. The summed E-state index contributed by atoms with van der Waals surface area (Å²) in [7, 11) is 0. The second-order valence-electron chi connectivity index (χ2n) is 3.70. The lowest BCUT2D eigenvalue weighted by molar-refractivity contribution is 0.192. The number of nitrogens with zero attached hydrogens (tertiary/aromatic N) is 2. The summed E-state index contributed by atoms with van der Waals surface area (Å²) < 4.78 is 0. The summed E-state index contributed by atoms with van der Waals surface area (Å²) in [6.07, 6.45) is 0. The number of hydrogen-bond donors (Lipinski definition) is 0. The number of thiocarbonyl (C=S) groups is 1. The van der Waals surface area contributed by atoms with Crippen molar-refractivity contribution < 1.29 is 0 Å². The van der Waals surface area contributed by atoms with Crippen molar-refractivity contribution in [3.63, 3.8) is 0 Å². The minimum Gasteiger partial charge on any atom is -0.359 e. The molecule has 0 radical (unpaired) electrons. The number of rotatable bonds is 2. The Morgan fingerprint density at radius 2 is 2.13 bits per heavy atom. The molecule has 1 fully saturated rings. The van der Waals surface area contributed by atoms with E-state index >= 15 is 0 Å². The third kappa shape index (κ3) is 2.56. The number of likely N-dealkylation sites (N-methyl/N-ethyl adjacent to an activating group) is 1. The molecule has 4 heteroatoms. The van der Waals surface area contributed by atoms with E-state index in [0.29, 0.717) is 0 Å². The van der Waals surface area contributed by atoms with Crippen LogP contribution in [0.15, 0.2) is 17.5 Å². The van der Waals surface area contributed by atoms with Gasteiger partial charge in [0.25, 0.3) is 0 Å². The molecule has 82 valence electrons. The van der Waals surface area contributed by atoms with Gasteiger partial charge >= 0.3 is 0 Å². The molecule has 2 nitrogen and oxygen atoms in total. The van der Waals surface area contributed by atoms with Gasteiger partial charge in [0.05, 0.1) is 4.88 Å². The lowest BCUT2D eigenvalue weighted by atomic mass is 10.3. The molecule has 1 aromatic rings. The van der Waals surface area contributed by atoms with Crippen molar-refractivity contribution in [1.82, 2.24) is 9.80 Å². The number of piperazine rings is 1. The zero-order chi connectivity index (χ0) is 10.7. The van der Waals surface area contributed by atoms with Crippen molar-refractivity contribution in [1.29, 1.82) is 0 Å². The first-order chi connectivity index (χ1) is 7.31. The van der Waals surface area contributed by atoms with Crippen molar-refractivity contribution in [2.24, 2.45) is 0 Å². The Morgan fingerprint density at radius 3 is 2.67 bits per heavy atom. The van der Waals surface area contributed by atoms with Crippen molar-refractivity contribution in [3.8, 4) is 0 Å². The highest BCUT2D eigenvalue weighted by atomic mass is 32.1. The van der Waals surface area contributed by atoms with Crippen LogP contribution in [0.1, 0.15) is 11.8 Å². The number of thiophene rings is 1. The normalized spacial score (nSPS) is 18.1. The van der Waals surface area contributed by atoms with Crippen LogP contribution < -0.4 is 0 Å². The van der Waals surface area contributed by atoms with E-state index < -0.39 is 0 Å². The van der Waals surface area contributed by atoms with Gasteiger partial charge in [-0.1, -0.05) is 25.2 Å². The Balaban J connectivity index is 1.93. The second-order valence-corrected chi connectivity index (χ2v) is 5.04. The molecule has 1 aromatic heterocycles. The van der Waals surface area contributed by atoms with E-state index in [1.54, 1.807) is 11.3 Å². The molecule has 0 spiro atoms. The van der Waals surface area contributed by atoms with Gasteiger partial charge in [0.2, 0.25) is 0 Å². The largest absolute Gasteiger partial charge is 0.359 e. The highest BCUT2D eigenvalue weighted by Crippen LogP contribution is 2.14. The van der Waals surface area contributed by atoms with Crippen LogP contribution in [0.3, 0.4) is 0 Å². The highest BCUT2D eigenvalue weighted by Gasteiger charge is 2.18. The molecule has 0 bridgehead atoms. The maximum atomic E-state index is 5.49. The summed E-state index contributed by atoms with van der Waals surface area (Å²) in [5, 5.41) is 2.09. The molecule has 1 aliphatic rings. The molecular formula is C11H16N2S2. The minimum absolute atomic E-state index is 1.03. The maximum absolute atomic E-state index is 5.49. The molecule has 0 atom stereocenters. The molecule has 0 unspecified atom stereocenters. The lowest BCUT2D eigenvalue weighted by Crippen LogP contribution is -2.48. The Hall–Kier alpha value is -0.450.